The van der Waals surface area contributed by atoms with Crippen molar-refractivity contribution in [1.82, 2.24) is 15.2 Å². The van der Waals surface area contributed by atoms with Crippen molar-refractivity contribution in [2.45, 2.75) is 6.92 Å². The summed E-state index contributed by atoms with van der Waals surface area (Å²) in [5, 5.41) is 12.0. The van der Waals surface area contributed by atoms with E-state index in [4.69, 9.17) is 4.74 Å². The molecule has 1 amide bonds. The molecule has 5 rings (SSSR count). The summed E-state index contributed by atoms with van der Waals surface area (Å²) in [4.78, 5) is 28.0. The molecule has 0 radical (unpaired) electrons. The molecule has 2 aromatic heterocycles. The Morgan fingerprint density at radius 2 is 1.81 bits per heavy atom. The van der Waals surface area contributed by atoms with E-state index in [2.05, 4.69) is 20.5 Å². The van der Waals surface area contributed by atoms with Gasteiger partial charge in [-0.1, -0.05) is 36.4 Å². The number of hydrogen-bond donors (Lipinski definition) is 3. The fraction of sp³-hybridized carbons (Fsp3) is 0.0800. The number of aromatic nitrogens is 3. The van der Waals surface area contributed by atoms with Gasteiger partial charge >= 0.3 is 0 Å². The van der Waals surface area contributed by atoms with Crippen LogP contribution in [-0.4, -0.2) is 28.2 Å². The lowest BCUT2D eigenvalue weighted by molar-refractivity contribution is 0.102. The Kier molecular flexibility index (Phi) is 4.71. The summed E-state index contributed by atoms with van der Waals surface area (Å²) in [6.07, 6.45) is 0. The highest BCUT2D eigenvalue weighted by molar-refractivity contribution is 6.06. The molecule has 3 aromatic carbocycles. The zero-order valence-electron chi connectivity index (χ0n) is 17.5. The summed E-state index contributed by atoms with van der Waals surface area (Å²) in [7, 11) is 1.60. The van der Waals surface area contributed by atoms with Gasteiger partial charge in [-0.25, -0.2) is 5.10 Å². The average molecular weight is 424 g/mol. The van der Waals surface area contributed by atoms with Gasteiger partial charge in [0.1, 0.15) is 11.4 Å². The molecule has 0 bridgehead atoms. The molecule has 0 saturated heterocycles. The average Bonchev–Trinajstić information content (AvgIpc) is 3.25. The maximum absolute atomic E-state index is 12.8. The van der Waals surface area contributed by atoms with Crippen LogP contribution >= 0.6 is 0 Å². The monoisotopic (exact) mass is 424 g/mol. The Morgan fingerprint density at radius 1 is 1.00 bits per heavy atom. The molecular formula is C25H20N4O3. The number of nitrogens with one attached hydrogen (secondary N) is 3. The highest BCUT2D eigenvalue weighted by Gasteiger charge is 2.14. The van der Waals surface area contributed by atoms with Crippen LogP contribution in [0.3, 0.4) is 0 Å². The Morgan fingerprint density at radius 3 is 2.59 bits per heavy atom. The number of para-hydroxylation sites is 1. The summed E-state index contributed by atoms with van der Waals surface area (Å²) in [6, 6.07) is 20.4. The maximum atomic E-state index is 12.8. The molecule has 0 atom stereocenters. The number of carbonyl (C=O) groups excluding carboxylic acids is 1. The van der Waals surface area contributed by atoms with Crippen LogP contribution in [0.25, 0.3) is 32.9 Å². The molecule has 0 fully saturated rings. The third-order valence-corrected chi connectivity index (χ3v) is 5.52. The molecule has 158 valence electrons. The van der Waals surface area contributed by atoms with E-state index in [0.717, 1.165) is 27.4 Å². The van der Waals surface area contributed by atoms with Crippen LogP contribution in [0.2, 0.25) is 0 Å². The van der Waals surface area contributed by atoms with Crippen molar-refractivity contribution >= 4 is 33.3 Å². The summed E-state index contributed by atoms with van der Waals surface area (Å²) >= 11 is 0. The highest BCUT2D eigenvalue weighted by Crippen LogP contribution is 2.29. The number of ether oxygens (including phenoxy) is 1. The highest BCUT2D eigenvalue weighted by atomic mass is 16.5. The fourth-order valence-corrected chi connectivity index (χ4v) is 3.95. The van der Waals surface area contributed by atoms with Gasteiger partial charge in [-0.3, -0.25) is 9.59 Å². The lowest BCUT2D eigenvalue weighted by Crippen LogP contribution is -2.12. The van der Waals surface area contributed by atoms with Gasteiger partial charge in [0.05, 0.1) is 23.7 Å². The number of aromatic amines is 2. The minimum Gasteiger partial charge on any atom is -0.495 e. The normalized spacial score (nSPS) is 11.1. The first-order valence-electron chi connectivity index (χ1n) is 10.1. The second-order valence-electron chi connectivity index (χ2n) is 7.54. The summed E-state index contributed by atoms with van der Waals surface area (Å²) < 4.78 is 5.36. The number of aryl methyl sites for hydroxylation is 1. The molecule has 0 aliphatic heterocycles. The summed E-state index contributed by atoms with van der Waals surface area (Å²) in [5.41, 5.74) is 4.16. The predicted molar refractivity (Wildman–Crippen MR) is 125 cm³/mol. The van der Waals surface area contributed by atoms with E-state index in [1.165, 1.54) is 0 Å². The Labute approximate surface area is 183 Å². The van der Waals surface area contributed by atoms with Gasteiger partial charge in [0, 0.05) is 22.0 Å². The van der Waals surface area contributed by atoms with Crippen LogP contribution < -0.4 is 15.6 Å². The molecule has 0 unspecified atom stereocenters. The number of hydrogen-bond acceptors (Lipinski definition) is 4. The number of nitrogens with zero attached hydrogens (tertiary/aromatic N) is 1. The number of benzene rings is 3. The second kappa shape index (κ2) is 7.70. The Balaban J connectivity index is 1.46. The van der Waals surface area contributed by atoms with Gasteiger partial charge in [-0.15, -0.1) is 0 Å². The molecule has 2 heterocycles. The van der Waals surface area contributed by atoms with Crippen LogP contribution in [0.4, 0.5) is 5.69 Å². The molecule has 0 aliphatic rings. The lowest BCUT2D eigenvalue weighted by Gasteiger charge is -2.11. The maximum Gasteiger partial charge on any atom is 0.272 e. The Bertz CT molecular complexity index is 1550. The predicted octanol–water partition coefficient (Wildman–Crippen LogP) is 4.64. The zero-order valence-corrected chi connectivity index (χ0v) is 17.5. The lowest BCUT2D eigenvalue weighted by atomic mass is 10.0. The van der Waals surface area contributed by atoms with Crippen LogP contribution in [0.15, 0.2) is 71.5 Å². The third kappa shape index (κ3) is 3.30. The zero-order chi connectivity index (χ0) is 22.2. The molecule has 5 aromatic rings. The molecule has 7 nitrogen and oxygen atoms in total. The molecule has 0 aliphatic carbocycles. The van der Waals surface area contributed by atoms with Gasteiger partial charge < -0.3 is 15.0 Å². The van der Waals surface area contributed by atoms with Gasteiger partial charge in [-0.2, -0.15) is 5.10 Å². The van der Waals surface area contributed by atoms with Crippen molar-refractivity contribution in [2.24, 2.45) is 0 Å². The van der Waals surface area contributed by atoms with Crippen molar-refractivity contribution in [3.05, 3.63) is 88.3 Å². The van der Waals surface area contributed by atoms with Crippen molar-refractivity contribution in [2.75, 3.05) is 12.4 Å². The van der Waals surface area contributed by atoms with Gasteiger partial charge in [0.2, 0.25) is 0 Å². The third-order valence-electron chi connectivity index (χ3n) is 5.52. The largest absolute Gasteiger partial charge is 0.495 e. The molecular weight excluding hydrogens is 404 g/mol. The minimum atomic E-state index is -0.247. The van der Waals surface area contributed by atoms with Crippen LogP contribution in [0.5, 0.6) is 5.75 Å². The van der Waals surface area contributed by atoms with Gasteiger partial charge in [-0.05, 0) is 42.8 Å². The number of rotatable bonds is 4. The van der Waals surface area contributed by atoms with Crippen molar-refractivity contribution in [3.8, 4) is 17.0 Å². The van der Waals surface area contributed by atoms with E-state index in [0.29, 0.717) is 28.2 Å². The number of fused-ring (bicyclic) bond motifs is 2. The first kappa shape index (κ1) is 19.6. The number of anilines is 1. The quantitative estimate of drug-likeness (QED) is 0.391. The van der Waals surface area contributed by atoms with Crippen LogP contribution in [0.1, 0.15) is 16.1 Å². The molecule has 3 N–H and O–H groups in total. The van der Waals surface area contributed by atoms with E-state index in [1.807, 2.05) is 61.5 Å². The van der Waals surface area contributed by atoms with E-state index >= 15 is 0 Å². The smallest absolute Gasteiger partial charge is 0.272 e. The molecule has 0 spiro atoms. The second-order valence-corrected chi connectivity index (χ2v) is 7.54. The standard InChI is InChI=1S/C25H20N4O3/c1-14-12-16(26-25(31)20-13-15-6-5-9-21(32-2)22(15)27-20)10-11-17(14)23-18-7-3-4-8-19(18)24(30)29-28-23/h3-13,27H,1-2H3,(H,26,31)(H,29,30). The molecule has 32 heavy (non-hydrogen) atoms. The molecule has 0 saturated carbocycles. The first-order chi connectivity index (χ1) is 15.5. The molecule has 7 heteroatoms. The topological polar surface area (TPSA) is 99.9 Å². The number of amides is 1. The van der Waals surface area contributed by atoms with Crippen LogP contribution in [0, 0.1) is 6.92 Å². The minimum absolute atomic E-state index is 0.221. The van der Waals surface area contributed by atoms with E-state index in [9.17, 15) is 9.59 Å². The van der Waals surface area contributed by atoms with Crippen molar-refractivity contribution < 1.29 is 9.53 Å². The van der Waals surface area contributed by atoms with Gasteiger partial charge in [0.15, 0.2) is 0 Å². The first-order valence-corrected chi connectivity index (χ1v) is 10.1. The van der Waals surface area contributed by atoms with Gasteiger partial charge in [0.25, 0.3) is 11.5 Å². The Hall–Kier alpha value is -4.39. The SMILES string of the molecule is COc1cccc2cc(C(=O)Nc3ccc(-c4n[nH]c(=O)c5ccccc45)c(C)c3)[nH]c12. The van der Waals surface area contributed by atoms with Crippen molar-refractivity contribution in [3.63, 3.8) is 0 Å². The fourth-order valence-electron chi connectivity index (χ4n) is 3.95. The van der Waals surface area contributed by atoms with E-state index in [-0.39, 0.29) is 11.5 Å². The number of carbonyl (C=O) groups is 1. The van der Waals surface area contributed by atoms with E-state index < -0.39 is 0 Å². The summed E-state index contributed by atoms with van der Waals surface area (Å²) in [5.74, 6) is 0.436. The van der Waals surface area contributed by atoms with E-state index in [1.54, 1.807) is 19.2 Å². The van der Waals surface area contributed by atoms with Crippen LogP contribution in [-0.2, 0) is 0 Å². The van der Waals surface area contributed by atoms with Crippen molar-refractivity contribution in [1.29, 1.82) is 0 Å². The number of methoxy groups -OCH3 is 1. The number of H-pyrrole nitrogens is 2. The summed E-state index contributed by atoms with van der Waals surface area (Å²) in [6.45, 7) is 1.94.